The second-order valence-corrected chi connectivity index (χ2v) is 3.97. The van der Waals surface area contributed by atoms with Crippen molar-refractivity contribution in [3.8, 4) is 5.13 Å². The van der Waals surface area contributed by atoms with E-state index in [9.17, 15) is 13.2 Å². The maximum absolute atomic E-state index is 12.3. The Morgan fingerprint density at radius 3 is 2.44 bits per heavy atom. The van der Waals surface area contributed by atoms with Crippen molar-refractivity contribution in [2.45, 2.75) is 20.0 Å². The average Bonchev–Trinajstić information content (AvgIpc) is 2.70. The Balaban J connectivity index is 2.43. The highest BCUT2D eigenvalue weighted by molar-refractivity contribution is 7.08. The Morgan fingerprint density at radius 2 is 2.00 bits per heavy atom. The van der Waals surface area contributed by atoms with Crippen molar-refractivity contribution < 1.29 is 13.2 Å². The zero-order valence-corrected chi connectivity index (χ0v) is 9.22. The smallest absolute Gasteiger partial charge is 0.209 e. The first-order chi connectivity index (χ1) is 7.38. The first-order valence-electron chi connectivity index (χ1n) is 4.32. The van der Waals surface area contributed by atoms with Crippen LogP contribution >= 0.6 is 11.5 Å². The molecule has 0 saturated carbocycles. The Morgan fingerprint density at radius 1 is 1.31 bits per heavy atom. The van der Waals surface area contributed by atoms with Crippen molar-refractivity contribution in [2.75, 3.05) is 0 Å². The van der Waals surface area contributed by atoms with Crippen molar-refractivity contribution in [3.63, 3.8) is 0 Å². The molecule has 2 aromatic heterocycles. The van der Waals surface area contributed by atoms with Gasteiger partial charge in [-0.25, -0.2) is 4.68 Å². The van der Waals surface area contributed by atoms with E-state index in [1.807, 2.05) is 0 Å². The molecule has 0 aliphatic carbocycles. The lowest BCUT2D eigenvalue weighted by molar-refractivity contribution is -0.144. The summed E-state index contributed by atoms with van der Waals surface area (Å²) in [5.41, 5.74) is 1.45. The van der Waals surface area contributed by atoms with Crippen LogP contribution in [0.3, 0.4) is 0 Å². The molecular formula is C8H7F3N4S. The quantitative estimate of drug-likeness (QED) is 0.778. The molecule has 2 rings (SSSR count). The second-order valence-electron chi connectivity index (χ2n) is 3.24. The van der Waals surface area contributed by atoms with Crippen LogP contribution < -0.4 is 0 Å². The highest BCUT2D eigenvalue weighted by atomic mass is 32.1. The minimum absolute atomic E-state index is 0.123. The summed E-state index contributed by atoms with van der Waals surface area (Å²) in [7, 11) is 0. The summed E-state index contributed by atoms with van der Waals surface area (Å²) in [4.78, 5) is 3.41. The van der Waals surface area contributed by atoms with Crippen molar-refractivity contribution in [2.24, 2.45) is 0 Å². The van der Waals surface area contributed by atoms with Crippen LogP contribution in [0.1, 0.15) is 17.2 Å². The number of halogens is 3. The predicted molar refractivity (Wildman–Crippen MR) is 51.5 cm³/mol. The van der Waals surface area contributed by atoms with E-state index in [2.05, 4.69) is 14.5 Å². The maximum Gasteiger partial charge on any atom is 0.452 e. The van der Waals surface area contributed by atoms with Gasteiger partial charge in [0.05, 0.1) is 5.69 Å². The highest BCUT2D eigenvalue weighted by Gasteiger charge is 2.36. The molecule has 8 heteroatoms. The fraction of sp³-hybridized carbons (Fsp3) is 0.375. The van der Waals surface area contributed by atoms with Crippen molar-refractivity contribution >= 4 is 11.5 Å². The normalized spacial score (nSPS) is 12.1. The lowest BCUT2D eigenvalue weighted by Crippen LogP contribution is -2.08. The van der Waals surface area contributed by atoms with Crippen LogP contribution in [0.25, 0.3) is 5.13 Å². The number of nitrogens with zero attached hydrogens (tertiary/aromatic N) is 4. The van der Waals surface area contributed by atoms with Gasteiger partial charge in [-0.2, -0.15) is 27.6 Å². The van der Waals surface area contributed by atoms with Gasteiger partial charge in [-0.3, -0.25) is 0 Å². The van der Waals surface area contributed by atoms with Crippen LogP contribution in [0.5, 0.6) is 0 Å². The van der Waals surface area contributed by atoms with Crippen molar-refractivity contribution in [1.29, 1.82) is 0 Å². The van der Waals surface area contributed by atoms with Gasteiger partial charge >= 0.3 is 6.18 Å². The third kappa shape index (κ3) is 1.92. The largest absolute Gasteiger partial charge is 0.452 e. The summed E-state index contributed by atoms with van der Waals surface area (Å²) in [6.45, 7) is 3.50. The number of aryl methyl sites for hydroxylation is 2. The summed E-state index contributed by atoms with van der Waals surface area (Å²) < 4.78 is 41.4. The van der Waals surface area contributed by atoms with Gasteiger partial charge in [0.2, 0.25) is 11.0 Å². The molecule has 0 saturated heterocycles. The van der Waals surface area contributed by atoms with E-state index in [1.54, 1.807) is 19.9 Å². The van der Waals surface area contributed by atoms with Crippen LogP contribution in [0.2, 0.25) is 0 Å². The molecule has 0 N–H and O–H groups in total. The summed E-state index contributed by atoms with van der Waals surface area (Å²) in [6, 6.07) is 1.76. The minimum Gasteiger partial charge on any atom is -0.209 e. The molecule has 0 aliphatic rings. The molecule has 0 aliphatic heterocycles. The third-order valence-electron chi connectivity index (χ3n) is 1.86. The molecule has 0 amide bonds. The van der Waals surface area contributed by atoms with Crippen LogP contribution in [0.4, 0.5) is 13.2 Å². The van der Waals surface area contributed by atoms with Crippen LogP contribution in [-0.2, 0) is 6.18 Å². The van der Waals surface area contributed by atoms with E-state index in [0.717, 1.165) is 11.4 Å². The molecule has 2 heterocycles. The number of hydrogen-bond acceptors (Lipinski definition) is 4. The Hall–Kier alpha value is -1.44. The zero-order valence-electron chi connectivity index (χ0n) is 8.41. The Labute approximate surface area is 92.9 Å². The van der Waals surface area contributed by atoms with Gasteiger partial charge in [-0.1, -0.05) is 0 Å². The highest BCUT2D eigenvalue weighted by Crippen LogP contribution is 2.28. The van der Waals surface area contributed by atoms with Gasteiger partial charge in [-0.05, 0) is 19.9 Å². The predicted octanol–water partition coefficient (Wildman–Crippen LogP) is 2.36. The zero-order chi connectivity index (χ0) is 11.9. The van der Waals surface area contributed by atoms with Crippen LogP contribution in [-0.4, -0.2) is 19.1 Å². The molecule has 86 valence electrons. The second kappa shape index (κ2) is 3.55. The van der Waals surface area contributed by atoms with Crippen LogP contribution in [0, 0.1) is 13.8 Å². The van der Waals surface area contributed by atoms with E-state index in [0.29, 0.717) is 11.5 Å². The van der Waals surface area contributed by atoms with E-state index < -0.39 is 12.0 Å². The summed E-state index contributed by atoms with van der Waals surface area (Å²) in [6.07, 6.45) is -4.51. The number of hydrogen-bond donors (Lipinski definition) is 0. The Bertz CT molecular complexity index is 514. The number of aromatic nitrogens is 4. The van der Waals surface area contributed by atoms with Gasteiger partial charge in [0.1, 0.15) is 0 Å². The maximum atomic E-state index is 12.3. The molecule has 0 radical (unpaired) electrons. The topological polar surface area (TPSA) is 43.6 Å². The first kappa shape index (κ1) is 11.1. The molecule has 0 unspecified atom stereocenters. The third-order valence-corrected chi connectivity index (χ3v) is 2.55. The van der Waals surface area contributed by atoms with Gasteiger partial charge in [-0.15, -0.1) is 0 Å². The molecule has 16 heavy (non-hydrogen) atoms. The summed E-state index contributed by atoms with van der Waals surface area (Å²) in [5.74, 6) is -1.12. The molecule has 0 fully saturated rings. The molecule has 4 nitrogen and oxygen atoms in total. The molecule has 0 bridgehead atoms. The Kier molecular flexibility index (Phi) is 2.45. The standard InChI is InChI=1S/C8H7F3N4S/c1-4-3-5(2)15(13-4)7-12-6(14-16-7)8(9,10)11/h3H,1-2H3. The molecule has 0 aromatic carbocycles. The number of alkyl halides is 3. The van der Waals surface area contributed by atoms with Gasteiger partial charge in [0.15, 0.2) is 0 Å². The van der Waals surface area contributed by atoms with Gasteiger partial charge in [0.25, 0.3) is 0 Å². The lowest BCUT2D eigenvalue weighted by atomic mass is 10.4. The first-order valence-corrected chi connectivity index (χ1v) is 5.10. The monoisotopic (exact) mass is 248 g/mol. The summed E-state index contributed by atoms with van der Waals surface area (Å²) >= 11 is 0.676. The SMILES string of the molecule is Cc1cc(C)n(-c2nc(C(F)(F)F)ns2)n1. The van der Waals surface area contributed by atoms with E-state index in [1.165, 1.54) is 4.68 Å². The van der Waals surface area contributed by atoms with Crippen LogP contribution in [0.15, 0.2) is 6.07 Å². The van der Waals surface area contributed by atoms with Gasteiger partial charge in [0, 0.05) is 17.2 Å². The average molecular weight is 248 g/mol. The molecule has 2 aromatic rings. The van der Waals surface area contributed by atoms with Crippen molar-refractivity contribution in [3.05, 3.63) is 23.3 Å². The molecule has 0 spiro atoms. The van der Waals surface area contributed by atoms with E-state index in [4.69, 9.17) is 0 Å². The van der Waals surface area contributed by atoms with Crippen molar-refractivity contribution in [1.82, 2.24) is 19.1 Å². The summed E-state index contributed by atoms with van der Waals surface area (Å²) in [5, 5.41) is 4.16. The number of rotatable bonds is 1. The van der Waals surface area contributed by atoms with E-state index >= 15 is 0 Å². The molecule has 0 atom stereocenters. The molecular weight excluding hydrogens is 241 g/mol. The lowest BCUT2D eigenvalue weighted by Gasteiger charge is -1.99. The minimum atomic E-state index is -4.51. The fourth-order valence-corrected chi connectivity index (χ4v) is 1.94. The fourth-order valence-electron chi connectivity index (χ4n) is 1.24. The van der Waals surface area contributed by atoms with Gasteiger partial charge < -0.3 is 0 Å². The van der Waals surface area contributed by atoms with E-state index in [-0.39, 0.29) is 5.13 Å².